The van der Waals surface area contributed by atoms with Gasteiger partial charge in [-0.3, -0.25) is 19.3 Å². The molecule has 3 amide bonds. The van der Waals surface area contributed by atoms with E-state index in [9.17, 15) is 18.8 Å². The van der Waals surface area contributed by atoms with Crippen LogP contribution in [0, 0.1) is 11.7 Å². The van der Waals surface area contributed by atoms with Crippen molar-refractivity contribution in [2.45, 2.75) is 44.7 Å². The fourth-order valence-corrected chi connectivity index (χ4v) is 4.15. The van der Waals surface area contributed by atoms with Gasteiger partial charge in [-0.1, -0.05) is 48.5 Å². The molecular formula is C24H25FN2O3. The van der Waals surface area contributed by atoms with Crippen LogP contribution in [-0.2, 0) is 20.9 Å². The largest absolute Gasteiger partial charge is 0.334 e. The van der Waals surface area contributed by atoms with Crippen LogP contribution in [0.1, 0.15) is 43.2 Å². The molecule has 0 N–H and O–H groups in total. The van der Waals surface area contributed by atoms with Crippen LogP contribution in [-0.4, -0.2) is 40.1 Å². The van der Waals surface area contributed by atoms with Crippen molar-refractivity contribution < 1.29 is 18.8 Å². The van der Waals surface area contributed by atoms with Crippen LogP contribution in [0.15, 0.2) is 54.6 Å². The normalized spacial score (nSPS) is 19.8. The predicted octanol–water partition coefficient (Wildman–Crippen LogP) is 3.50. The molecule has 30 heavy (non-hydrogen) atoms. The molecule has 0 spiro atoms. The molecular weight excluding hydrogens is 383 g/mol. The Hall–Kier alpha value is -3.02. The van der Waals surface area contributed by atoms with Crippen molar-refractivity contribution in [3.63, 3.8) is 0 Å². The molecule has 1 saturated heterocycles. The molecule has 1 aliphatic heterocycles. The number of benzene rings is 2. The van der Waals surface area contributed by atoms with Gasteiger partial charge >= 0.3 is 0 Å². The quantitative estimate of drug-likeness (QED) is 0.659. The van der Waals surface area contributed by atoms with Gasteiger partial charge in [-0.2, -0.15) is 0 Å². The van der Waals surface area contributed by atoms with E-state index in [-0.39, 0.29) is 30.5 Å². The summed E-state index contributed by atoms with van der Waals surface area (Å²) in [6, 6.07) is 15.7. The van der Waals surface area contributed by atoms with Crippen molar-refractivity contribution >= 4 is 17.7 Å². The maximum Gasteiger partial charge on any atom is 0.243 e. The molecule has 0 radical (unpaired) electrons. The molecule has 156 valence electrons. The van der Waals surface area contributed by atoms with E-state index in [4.69, 9.17) is 0 Å². The molecule has 2 aromatic carbocycles. The average molecular weight is 408 g/mol. The molecule has 1 aliphatic carbocycles. The molecule has 2 fully saturated rings. The Bertz CT molecular complexity index is 958. The van der Waals surface area contributed by atoms with E-state index in [1.165, 1.54) is 12.1 Å². The number of halogens is 1. The minimum Gasteiger partial charge on any atom is -0.334 e. The summed E-state index contributed by atoms with van der Waals surface area (Å²) in [5, 5.41) is 0. The van der Waals surface area contributed by atoms with Gasteiger partial charge in [0.2, 0.25) is 17.7 Å². The molecule has 2 atom stereocenters. The van der Waals surface area contributed by atoms with Crippen molar-refractivity contribution in [1.29, 1.82) is 0 Å². The number of carbonyl (C=O) groups is 3. The molecule has 1 saturated carbocycles. The number of rotatable bonds is 7. The first-order valence-corrected chi connectivity index (χ1v) is 10.4. The van der Waals surface area contributed by atoms with E-state index in [1.807, 2.05) is 37.3 Å². The predicted molar refractivity (Wildman–Crippen MR) is 110 cm³/mol. The van der Waals surface area contributed by atoms with Gasteiger partial charge in [0.1, 0.15) is 12.4 Å². The number of nitrogens with zero attached hydrogens (tertiary/aromatic N) is 2. The second kappa shape index (κ2) is 8.38. The minimum absolute atomic E-state index is 0.0351. The highest BCUT2D eigenvalue weighted by atomic mass is 19.1. The fraction of sp³-hybridized carbons (Fsp3) is 0.375. The van der Waals surface area contributed by atoms with Gasteiger partial charge in [0, 0.05) is 24.6 Å². The molecule has 6 heteroatoms. The van der Waals surface area contributed by atoms with Crippen molar-refractivity contribution in [1.82, 2.24) is 9.80 Å². The van der Waals surface area contributed by atoms with Crippen LogP contribution in [0.3, 0.4) is 0 Å². The fourth-order valence-electron chi connectivity index (χ4n) is 4.15. The van der Waals surface area contributed by atoms with Gasteiger partial charge in [0.05, 0.1) is 5.92 Å². The molecule has 2 aromatic rings. The highest BCUT2D eigenvalue weighted by Crippen LogP contribution is 2.36. The maximum atomic E-state index is 14.1. The second-order valence-electron chi connectivity index (χ2n) is 8.18. The average Bonchev–Trinajstić information content (AvgIpc) is 3.56. The monoisotopic (exact) mass is 408 g/mol. The van der Waals surface area contributed by atoms with E-state index < -0.39 is 23.5 Å². The van der Waals surface area contributed by atoms with Gasteiger partial charge in [0.15, 0.2) is 0 Å². The maximum absolute atomic E-state index is 14.1. The van der Waals surface area contributed by atoms with Crippen molar-refractivity contribution in [3.05, 3.63) is 71.5 Å². The molecule has 0 unspecified atom stereocenters. The lowest BCUT2D eigenvalue weighted by atomic mass is 9.97. The van der Waals surface area contributed by atoms with Crippen LogP contribution in [0.5, 0.6) is 0 Å². The number of imide groups is 1. The molecule has 1 heterocycles. The van der Waals surface area contributed by atoms with Crippen molar-refractivity contribution in [2.75, 3.05) is 6.54 Å². The van der Waals surface area contributed by atoms with Gasteiger partial charge in [-0.05, 0) is 37.3 Å². The third kappa shape index (κ3) is 4.13. The number of carbonyl (C=O) groups excluding carboxylic acids is 3. The van der Waals surface area contributed by atoms with Crippen LogP contribution in [0.4, 0.5) is 4.39 Å². The van der Waals surface area contributed by atoms with Gasteiger partial charge < -0.3 is 4.90 Å². The zero-order valence-corrected chi connectivity index (χ0v) is 17.0. The Morgan fingerprint density at radius 1 is 1.10 bits per heavy atom. The summed E-state index contributed by atoms with van der Waals surface area (Å²) in [6.45, 7) is 2.16. The third-order valence-corrected chi connectivity index (χ3v) is 6.13. The molecule has 2 aliphatic rings. The Morgan fingerprint density at radius 3 is 2.43 bits per heavy atom. The first-order chi connectivity index (χ1) is 14.5. The SMILES string of the molecule is C[C@H](C1CC1)N(Cc1ccccc1)C(=O)CN1C(=O)C[C@@H](c2ccccc2F)C1=O. The lowest BCUT2D eigenvalue weighted by molar-refractivity contribution is -0.147. The lowest BCUT2D eigenvalue weighted by Gasteiger charge is -2.31. The summed E-state index contributed by atoms with van der Waals surface area (Å²) in [5.41, 5.74) is 1.21. The standard InChI is InChI=1S/C24H25FN2O3/c1-16(18-11-12-18)26(14-17-7-3-2-4-8-17)23(29)15-27-22(28)13-20(24(27)30)19-9-5-6-10-21(19)25/h2-10,16,18,20H,11-15H2,1H3/t16-,20+/m1/s1. The summed E-state index contributed by atoms with van der Waals surface area (Å²) in [6.07, 6.45) is 2.05. The topological polar surface area (TPSA) is 57.7 Å². The van der Waals surface area contributed by atoms with E-state index in [0.717, 1.165) is 23.3 Å². The van der Waals surface area contributed by atoms with E-state index in [2.05, 4.69) is 0 Å². The highest BCUT2D eigenvalue weighted by molar-refractivity contribution is 6.08. The highest BCUT2D eigenvalue weighted by Gasteiger charge is 2.43. The van der Waals surface area contributed by atoms with Crippen molar-refractivity contribution in [3.8, 4) is 0 Å². The first-order valence-electron chi connectivity index (χ1n) is 10.4. The third-order valence-electron chi connectivity index (χ3n) is 6.13. The summed E-state index contributed by atoms with van der Waals surface area (Å²) in [7, 11) is 0. The van der Waals surface area contributed by atoms with Gasteiger partial charge in [-0.15, -0.1) is 0 Å². The zero-order valence-electron chi connectivity index (χ0n) is 17.0. The number of amides is 3. The molecule has 0 aromatic heterocycles. The molecule has 0 bridgehead atoms. The summed E-state index contributed by atoms with van der Waals surface area (Å²) >= 11 is 0. The van der Waals surface area contributed by atoms with E-state index >= 15 is 0 Å². The van der Waals surface area contributed by atoms with Gasteiger partial charge in [0.25, 0.3) is 0 Å². The Labute approximate surface area is 175 Å². The van der Waals surface area contributed by atoms with E-state index in [1.54, 1.807) is 17.0 Å². The zero-order chi connectivity index (χ0) is 21.3. The Balaban J connectivity index is 1.51. The van der Waals surface area contributed by atoms with Crippen LogP contribution in [0.2, 0.25) is 0 Å². The molecule has 5 nitrogen and oxygen atoms in total. The second-order valence-corrected chi connectivity index (χ2v) is 8.18. The van der Waals surface area contributed by atoms with Crippen LogP contribution in [0.25, 0.3) is 0 Å². The first kappa shape index (κ1) is 20.3. The number of likely N-dealkylation sites (tertiary alicyclic amines) is 1. The smallest absolute Gasteiger partial charge is 0.243 e. The lowest BCUT2D eigenvalue weighted by Crippen LogP contribution is -2.46. The van der Waals surface area contributed by atoms with Gasteiger partial charge in [-0.25, -0.2) is 4.39 Å². The summed E-state index contributed by atoms with van der Waals surface area (Å²) in [4.78, 5) is 41.3. The molecule has 4 rings (SSSR count). The minimum atomic E-state index is -0.866. The Kier molecular flexibility index (Phi) is 5.66. The number of hydrogen-bond donors (Lipinski definition) is 0. The van der Waals surface area contributed by atoms with E-state index in [0.29, 0.717) is 12.5 Å². The van der Waals surface area contributed by atoms with Crippen molar-refractivity contribution in [2.24, 2.45) is 5.92 Å². The van der Waals surface area contributed by atoms with Crippen LogP contribution >= 0.6 is 0 Å². The Morgan fingerprint density at radius 2 is 1.77 bits per heavy atom. The summed E-state index contributed by atoms with van der Waals surface area (Å²) < 4.78 is 14.1. The number of hydrogen-bond acceptors (Lipinski definition) is 3. The summed E-state index contributed by atoms with van der Waals surface area (Å²) in [5.74, 6) is -2.11. The van der Waals surface area contributed by atoms with Crippen LogP contribution < -0.4 is 0 Å².